The number of pyridine rings is 1. The molecule has 29 heavy (non-hydrogen) atoms. The van der Waals surface area contributed by atoms with Crippen LogP contribution in [0.3, 0.4) is 0 Å². The maximum Gasteiger partial charge on any atom is 0.259 e. The van der Waals surface area contributed by atoms with Crippen LogP contribution in [0.5, 0.6) is 0 Å². The standard InChI is InChI=1S/C23H26N4O2/c1-2-6-19-21-16(11-20(15-9-10-15)25-22(21)29-26-19)23(28)27-12-17(18(24)13-27)14-7-4-3-5-8-14/h3-5,7-8,11,15,17-18H,2,6,9-10,12-13,24H2,1H3/t17-,18+/m0/s1. The summed E-state index contributed by atoms with van der Waals surface area (Å²) in [6, 6.07) is 12.1. The summed E-state index contributed by atoms with van der Waals surface area (Å²) < 4.78 is 5.53. The van der Waals surface area contributed by atoms with Crippen molar-refractivity contribution in [3.63, 3.8) is 0 Å². The Morgan fingerprint density at radius 3 is 2.76 bits per heavy atom. The first-order chi connectivity index (χ1) is 14.2. The topological polar surface area (TPSA) is 85.2 Å². The molecule has 1 aromatic carbocycles. The van der Waals surface area contributed by atoms with Gasteiger partial charge in [0.2, 0.25) is 0 Å². The van der Waals surface area contributed by atoms with Crippen LogP contribution < -0.4 is 5.73 Å². The van der Waals surface area contributed by atoms with E-state index in [9.17, 15) is 4.79 Å². The normalized spacial score (nSPS) is 21.8. The van der Waals surface area contributed by atoms with E-state index in [2.05, 4.69) is 29.2 Å². The minimum atomic E-state index is -0.0702. The zero-order valence-electron chi connectivity index (χ0n) is 16.7. The zero-order valence-corrected chi connectivity index (χ0v) is 16.7. The summed E-state index contributed by atoms with van der Waals surface area (Å²) >= 11 is 0. The Bertz CT molecular complexity index is 1040. The molecule has 6 nitrogen and oxygen atoms in total. The Morgan fingerprint density at radius 1 is 1.24 bits per heavy atom. The number of likely N-dealkylation sites (tertiary alicyclic amines) is 1. The smallest absolute Gasteiger partial charge is 0.259 e. The third-order valence-corrected chi connectivity index (χ3v) is 6.13. The number of nitrogens with zero attached hydrogens (tertiary/aromatic N) is 3. The second-order valence-corrected chi connectivity index (χ2v) is 8.32. The van der Waals surface area contributed by atoms with E-state index in [4.69, 9.17) is 10.3 Å². The van der Waals surface area contributed by atoms with Crippen LogP contribution in [0.2, 0.25) is 0 Å². The van der Waals surface area contributed by atoms with Gasteiger partial charge in [0, 0.05) is 36.7 Å². The molecule has 1 saturated carbocycles. The van der Waals surface area contributed by atoms with Crippen molar-refractivity contribution >= 4 is 17.0 Å². The van der Waals surface area contributed by atoms with Crippen molar-refractivity contribution < 1.29 is 9.32 Å². The van der Waals surface area contributed by atoms with Crippen molar-refractivity contribution in [1.82, 2.24) is 15.0 Å². The lowest BCUT2D eigenvalue weighted by Gasteiger charge is -2.17. The first-order valence-electron chi connectivity index (χ1n) is 10.5. The molecule has 1 aliphatic heterocycles. The van der Waals surface area contributed by atoms with Crippen molar-refractivity contribution in [1.29, 1.82) is 0 Å². The van der Waals surface area contributed by atoms with E-state index in [1.807, 2.05) is 29.2 Å². The number of hydrogen-bond donors (Lipinski definition) is 1. The number of aryl methyl sites for hydroxylation is 1. The third kappa shape index (κ3) is 3.31. The van der Waals surface area contributed by atoms with Gasteiger partial charge in [0.05, 0.1) is 16.6 Å². The molecule has 2 aliphatic rings. The van der Waals surface area contributed by atoms with Gasteiger partial charge in [-0.1, -0.05) is 48.8 Å². The molecule has 2 N–H and O–H groups in total. The molecule has 6 heteroatoms. The van der Waals surface area contributed by atoms with Gasteiger partial charge >= 0.3 is 0 Å². The highest BCUT2D eigenvalue weighted by Gasteiger charge is 2.36. The van der Waals surface area contributed by atoms with Crippen LogP contribution >= 0.6 is 0 Å². The van der Waals surface area contributed by atoms with Crippen LogP contribution in [0.15, 0.2) is 40.9 Å². The Balaban J connectivity index is 1.51. The van der Waals surface area contributed by atoms with Crippen LogP contribution in [0.4, 0.5) is 0 Å². The SMILES string of the molecule is CCCc1noc2nc(C3CC3)cc(C(=O)N3C[C@@H](N)[C@H](c4ccccc4)C3)c12. The number of benzene rings is 1. The lowest BCUT2D eigenvalue weighted by Crippen LogP contribution is -2.32. The number of aromatic nitrogens is 2. The molecule has 150 valence electrons. The average Bonchev–Trinajstić information content (AvgIpc) is 3.41. The number of nitrogens with two attached hydrogens (primary N) is 1. The number of carbonyl (C=O) groups excluding carboxylic acids is 1. The zero-order chi connectivity index (χ0) is 20.0. The Hall–Kier alpha value is -2.73. The van der Waals surface area contributed by atoms with E-state index in [-0.39, 0.29) is 17.9 Å². The van der Waals surface area contributed by atoms with E-state index in [1.54, 1.807) is 0 Å². The summed E-state index contributed by atoms with van der Waals surface area (Å²) in [5, 5.41) is 5.00. The quantitative estimate of drug-likeness (QED) is 0.719. The Labute approximate surface area is 170 Å². The molecule has 0 radical (unpaired) electrons. The van der Waals surface area contributed by atoms with E-state index in [1.165, 1.54) is 5.56 Å². The summed E-state index contributed by atoms with van der Waals surface area (Å²) in [4.78, 5) is 20.2. The van der Waals surface area contributed by atoms with E-state index in [0.717, 1.165) is 42.5 Å². The highest BCUT2D eigenvalue weighted by molar-refractivity contribution is 6.06. The van der Waals surface area contributed by atoms with E-state index < -0.39 is 0 Å². The molecule has 3 aromatic rings. The van der Waals surface area contributed by atoms with Crippen LogP contribution in [-0.2, 0) is 6.42 Å². The second kappa shape index (κ2) is 7.26. The van der Waals surface area contributed by atoms with Gasteiger partial charge in [-0.2, -0.15) is 0 Å². The first-order valence-corrected chi connectivity index (χ1v) is 10.5. The number of fused-ring (bicyclic) bond motifs is 1. The van der Waals surface area contributed by atoms with Crippen molar-refractivity contribution in [2.75, 3.05) is 13.1 Å². The van der Waals surface area contributed by atoms with Gasteiger partial charge in [-0.3, -0.25) is 4.79 Å². The number of amides is 1. The highest BCUT2D eigenvalue weighted by Crippen LogP contribution is 2.41. The van der Waals surface area contributed by atoms with Gasteiger partial charge in [-0.15, -0.1) is 0 Å². The molecule has 5 rings (SSSR count). The fourth-order valence-electron chi connectivity index (χ4n) is 4.41. The molecule has 3 heterocycles. The second-order valence-electron chi connectivity index (χ2n) is 8.32. The lowest BCUT2D eigenvalue weighted by atomic mass is 9.95. The summed E-state index contributed by atoms with van der Waals surface area (Å²) in [6.07, 6.45) is 3.94. The summed E-state index contributed by atoms with van der Waals surface area (Å²) in [5.41, 5.74) is 10.6. The first kappa shape index (κ1) is 18.3. The summed E-state index contributed by atoms with van der Waals surface area (Å²) in [6.45, 7) is 3.27. The third-order valence-electron chi connectivity index (χ3n) is 6.13. The molecule has 0 unspecified atom stereocenters. The van der Waals surface area contributed by atoms with Gasteiger partial charge in [0.25, 0.3) is 11.6 Å². The molecule has 0 spiro atoms. The number of rotatable bonds is 5. The van der Waals surface area contributed by atoms with Crippen molar-refractivity contribution in [3.8, 4) is 0 Å². The molecule has 2 fully saturated rings. The van der Waals surface area contributed by atoms with E-state index in [0.29, 0.717) is 30.3 Å². The monoisotopic (exact) mass is 390 g/mol. The predicted octanol–water partition coefficient (Wildman–Crippen LogP) is 3.62. The van der Waals surface area contributed by atoms with Gasteiger partial charge in [-0.05, 0) is 30.9 Å². The molecular formula is C23H26N4O2. The molecule has 2 aromatic heterocycles. The fourth-order valence-corrected chi connectivity index (χ4v) is 4.41. The van der Waals surface area contributed by atoms with Gasteiger partial charge in [0.1, 0.15) is 0 Å². The Morgan fingerprint density at radius 2 is 2.03 bits per heavy atom. The van der Waals surface area contributed by atoms with Crippen molar-refractivity contribution in [2.45, 2.75) is 50.5 Å². The number of carbonyl (C=O) groups is 1. The van der Waals surface area contributed by atoms with E-state index >= 15 is 0 Å². The summed E-state index contributed by atoms with van der Waals surface area (Å²) in [7, 11) is 0. The van der Waals surface area contributed by atoms with Gasteiger partial charge in [0.15, 0.2) is 0 Å². The van der Waals surface area contributed by atoms with Crippen LogP contribution in [-0.4, -0.2) is 40.1 Å². The van der Waals surface area contributed by atoms with Crippen molar-refractivity contribution in [3.05, 3.63) is 58.9 Å². The predicted molar refractivity (Wildman–Crippen MR) is 111 cm³/mol. The van der Waals surface area contributed by atoms with Gasteiger partial charge < -0.3 is 15.2 Å². The van der Waals surface area contributed by atoms with Crippen LogP contribution in [0.25, 0.3) is 11.1 Å². The molecule has 0 bridgehead atoms. The van der Waals surface area contributed by atoms with Crippen LogP contribution in [0, 0.1) is 0 Å². The number of hydrogen-bond acceptors (Lipinski definition) is 5. The molecule has 1 amide bonds. The van der Waals surface area contributed by atoms with Gasteiger partial charge in [-0.25, -0.2) is 4.98 Å². The molecular weight excluding hydrogens is 364 g/mol. The highest BCUT2D eigenvalue weighted by atomic mass is 16.5. The minimum absolute atomic E-state index is 0.00809. The average molecular weight is 390 g/mol. The maximum absolute atomic E-state index is 13.6. The molecule has 1 saturated heterocycles. The largest absolute Gasteiger partial charge is 0.336 e. The molecule has 2 atom stereocenters. The summed E-state index contributed by atoms with van der Waals surface area (Å²) in [5.74, 6) is 0.593. The Kier molecular flexibility index (Phi) is 4.59. The lowest BCUT2D eigenvalue weighted by molar-refractivity contribution is 0.0791. The fraction of sp³-hybridized carbons (Fsp3) is 0.435. The minimum Gasteiger partial charge on any atom is -0.336 e. The van der Waals surface area contributed by atoms with Crippen LogP contribution in [0.1, 0.15) is 65.3 Å². The maximum atomic E-state index is 13.6. The van der Waals surface area contributed by atoms with Crippen molar-refractivity contribution in [2.24, 2.45) is 5.73 Å². The molecule has 1 aliphatic carbocycles.